The Morgan fingerprint density at radius 3 is 2.38 bits per heavy atom. The van der Waals surface area contributed by atoms with Crippen molar-refractivity contribution in [3.63, 3.8) is 0 Å². The minimum Gasteiger partial charge on any atom is -0.491 e. The molecule has 0 aromatic heterocycles. The lowest BCUT2D eigenvalue weighted by molar-refractivity contribution is -0.693. The highest BCUT2D eigenvalue weighted by Crippen LogP contribution is 2.24. The number of quaternary nitrogens is 1. The van der Waals surface area contributed by atoms with Gasteiger partial charge in [-0.05, 0) is 48.8 Å². The van der Waals surface area contributed by atoms with Crippen LogP contribution in [0.4, 0.5) is 0 Å². The van der Waals surface area contributed by atoms with Crippen molar-refractivity contribution in [2.24, 2.45) is 0 Å². The summed E-state index contributed by atoms with van der Waals surface area (Å²) in [4.78, 5) is 0. The molecular formula is C18H30NO2+. The second kappa shape index (κ2) is 7.28. The number of hydrogen-bond donors (Lipinski definition) is 2. The minimum absolute atomic E-state index is 0.161. The third kappa shape index (κ3) is 5.33. The molecule has 1 atom stereocenters. The van der Waals surface area contributed by atoms with E-state index in [1.54, 1.807) is 0 Å². The molecule has 3 N–H and O–H groups in total. The molecule has 0 spiro atoms. The molecule has 1 aromatic rings. The summed E-state index contributed by atoms with van der Waals surface area (Å²) >= 11 is 0. The van der Waals surface area contributed by atoms with E-state index >= 15 is 0 Å². The van der Waals surface area contributed by atoms with Crippen LogP contribution in [0, 0.1) is 0 Å². The Morgan fingerprint density at radius 2 is 1.81 bits per heavy atom. The molecule has 0 radical (unpaired) electrons. The van der Waals surface area contributed by atoms with Crippen LogP contribution in [-0.2, 0) is 5.41 Å². The number of rotatable bonds is 6. The molecule has 21 heavy (non-hydrogen) atoms. The van der Waals surface area contributed by atoms with Crippen LogP contribution in [-0.4, -0.2) is 30.4 Å². The highest BCUT2D eigenvalue weighted by molar-refractivity contribution is 5.31. The van der Waals surface area contributed by atoms with Crippen molar-refractivity contribution in [2.45, 2.75) is 64.0 Å². The average Bonchev–Trinajstić information content (AvgIpc) is 2.95. The Labute approximate surface area is 128 Å². The minimum atomic E-state index is -0.395. The van der Waals surface area contributed by atoms with Crippen molar-refractivity contribution < 1.29 is 15.2 Å². The molecule has 0 aliphatic heterocycles. The van der Waals surface area contributed by atoms with Gasteiger partial charge in [-0.2, -0.15) is 0 Å². The Balaban J connectivity index is 1.71. The van der Waals surface area contributed by atoms with Crippen molar-refractivity contribution in [3.05, 3.63) is 29.8 Å². The highest BCUT2D eigenvalue weighted by atomic mass is 16.5. The summed E-state index contributed by atoms with van der Waals surface area (Å²) in [6.45, 7) is 7.71. The molecule has 0 amide bonds. The second-order valence-electron chi connectivity index (χ2n) is 7.26. The molecule has 3 heteroatoms. The van der Waals surface area contributed by atoms with E-state index in [4.69, 9.17) is 4.74 Å². The molecule has 0 heterocycles. The smallest absolute Gasteiger partial charge is 0.137 e. The lowest BCUT2D eigenvalue weighted by atomic mass is 9.87. The van der Waals surface area contributed by atoms with Crippen LogP contribution in [0.5, 0.6) is 5.75 Å². The van der Waals surface area contributed by atoms with Gasteiger partial charge in [-0.15, -0.1) is 0 Å². The average molecular weight is 292 g/mol. The van der Waals surface area contributed by atoms with Crippen molar-refractivity contribution in [1.29, 1.82) is 0 Å². The zero-order valence-corrected chi connectivity index (χ0v) is 13.6. The van der Waals surface area contributed by atoms with E-state index in [1.807, 2.05) is 12.1 Å². The first-order valence-electron chi connectivity index (χ1n) is 8.20. The van der Waals surface area contributed by atoms with Gasteiger partial charge in [-0.3, -0.25) is 0 Å². The molecule has 118 valence electrons. The van der Waals surface area contributed by atoms with Gasteiger partial charge in [0.15, 0.2) is 0 Å². The second-order valence-corrected chi connectivity index (χ2v) is 7.26. The molecule has 3 nitrogen and oxygen atoms in total. The van der Waals surface area contributed by atoms with Gasteiger partial charge in [0, 0.05) is 0 Å². The summed E-state index contributed by atoms with van der Waals surface area (Å²) in [6, 6.07) is 8.91. The first-order chi connectivity index (χ1) is 9.95. The number of ether oxygens (including phenoxy) is 1. The van der Waals surface area contributed by atoms with Gasteiger partial charge in [0.2, 0.25) is 0 Å². The fourth-order valence-corrected chi connectivity index (χ4v) is 2.85. The van der Waals surface area contributed by atoms with Gasteiger partial charge >= 0.3 is 0 Å². The molecule has 0 saturated heterocycles. The summed E-state index contributed by atoms with van der Waals surface area (Å²) < 4.78 is 5.68. The van der Waals surface area contributed by atoms with Gasteiger partial charge in [-0.1, -0.05) is 32.9 Å². The number of aliphatic hydroxyl groups is 1. The van der Waals surface area contributed by atoms with Crippen molar-refractivity contribution in [3.8, 4) is 5.75 Å². The largest absolute Gasteiger partial charge is 0.491 e. The van der Waals surface area contributed by atoms with Crippen LogP contribution in [0.15, 0.2) is 24.3 Å². The predicted octanol–water partition coefficient (Wildman–Crippen LogP) is 2.23. The Hall–Kier alpha value is -1.06. The quantitative estimate of drug-likeness (QED) is 0.844. The van der Waals surface area contributed by atoms with Gasteiger partial charge < -0.3 is 15.2 Å². The molecular weight excluding hydrogens is 262 g/mol. The third-order valence-corrected chi connectivity index (χ3v) is 4.30. The van der Waals surface area contributed by atoms with Crippen LogP contribution < -0.4 is 10.1 Å². The Morgan fingerprint density at radius 1 is 1.19 bits per heavy atom. The Kier molecular flexibility index (Phi) is 5.65. The summed E-state index contributed by atoms with van der Waals surface area (Å²) in [7, 11) is 0. The zero-order valence-electron chi connectivity index (χ0n) is 13.6. The maximum atomic E-state index is 10.00. The van der Waals surface area contributed by atoms with Crippen LogP contribution >= 0.6 is 0 Å². The molecule has 1 aliphatic rings. The van der Waals surface area contributed by atoms with Crippen LogP contribution in [0.3, 0.4) is 0 Å². The predicted molar refractivity (Wildman–Crippen MR) is 85.7 cm³/mol. The summed E-state index contributed by atoms with van der Waals surface area (Å²) in [6.07, 6.45) is 4.87. The summed E-state index contributed by atoms with van der Waals surface area (Å²) in [5, 5.41) is 12.3. The number of hydrogen-bond acceptors (Lipinski definition) is 2. The molecule has 1 fully saturated rings. The van der Waals surface area contributed by atoms with Crippen LogP contribution in [0.2, 0.25) is 0 Å². The van der Waals surface area contributed by atoms with E-state index in [1.165, 1.54) is 31.2 Å². The van der Waals surface area contributed by atoms with Gasteiger partial charge in [0.25, 0.3) is 0 Å². The molecule has 0 unspecified atom stereocenters. The lowest BCUT2D eigenvalue weighted by Gasteiger charge is -2.19. The third-order valence-electron chi connectivity index (χ3n) is 4.30. The summed E-state index contributed by atoms with van der Waals surface area (Å²) in [5.41, 5.74) is 1.46. The van der Waals surface area contributed by atoms with Crippen molar-refractivity contribution >= 4 is 0 Å². The van der Waals surface area contributed by atoms with E-state index in [2.05, 4.69) is 38.2 Å². The van der Waals surface area contributed by atoms with E-state index in [-0.39, 0.29) is 5.41 Å². The van der Waals surface area contributed by atoms with E-state index in [9.17, 15) is 5.11 Å². The molecule has 2 rings (SSSR count). The van der Waals surface area contributed by atoms with E-state index < -0.39 is 6.10 Å². The highest BCUT2D eigenvalue weighted by Gasteiger charge is 2.19. The maximum absolute atomic E-state index is 10.00. The van der Waals surface area contributed by atoms with Crippen LogP contribution in [0.1, 0.15) is 52.0 Å². The first-order valence-corrected chi connectivity index (χ1v) is 8.20. The first kappa shape index (κ1) is 16.3. The standard InChI is InChI=1S/C18H29NO2/c1-18(2,3)14-8-10-17(11-9-14)21-13-16(20)12-19-15-6-4-5-7-15/h8-11,15-16,19-20H,4-7,12-13H2,1-3H3/p+1/t16-/m1/s1. The number of benzene rings is 1. The van der Waals surface area contributed by atoms with Gasteiger partial charge in [0.1, 0.15) is 25.0 Å². The molecule has 0 bridgehead atoms. The lowest BCUT2D eigenvalue weighted by Crippen LogP contribution is -2.91. The fraction of sp³-hybridized carbons (Fsp3) is 0.667. The van der Waals surface area contributed by atoms with Crippen molar-refractivity contribution in [2.75, 3.05) is 13.2 Å². The fourth-order valence-electron chi connectivity index (χ4n) is 2.85. The topological polar surface area (TPSA) is 46.1 Å². The number of nitrogens with two attached hydrogens (primary N) is 1. The number of aliphatic hydroxyl groups excluding tert-OH is 1. The van der Waals surface area contributed by atoms with Gasteiger partial charge in [0.05, 0.1) is 6.04 Å². The molecule has 1 saturated carbocycles. The maximum Gasteiger partial charge on any atom is 0.137 e. The van der Waals surface area contributed by atoms with Crippen molar-refractivity contribution in [1.82, 2.24) is 0 Å². The van der Waals surface area contributed by atoms with Gasteiger partial charge in [-0.25, -0.2) is 0 Å². The van der Waals surface area contributed by atoms with Crippen LogP contribution in [0.25, 0.3) is 0 Å². The van der Waals surface area contributed by atoms with E-state index in [0.29, 0.717) is 12.6 Å². The monoisotopic (exact) mass is 292 g/mol. The van der Waals surface area contributed by atoms with E-state index in [0.717, 1.165) is 12.3 Å². The summed E-state index contributed by atoms with van der Waals surface area (Å²) in [5.74, 6) is 0.836. The zero-order chi connectivity index (χ0) is 15.3. The Bertz CT molecular complexity index is 416. The normalized spacial score (nSPS) is 17.9. The molecule has 1 aromatic carbocycles. The molecule has 1 aliphatic carbocycles. The SMILES string of the molecule is CC(C)(C)c1ccc(OC[C@H](O)C[NH2+]C2CCCC2)cc1.